The highest BCUT2D eigenvalue weighted by molar-refractivity contribution is 5.73. The number of amides is 2. The van der Waals surface area contributed by atoms with Gasteiger partial charge >= 0.3 is 6.03 Å². The Bertz CT molecular complexity index is 659. The fraction of sp³-hybridized carbons (Fsp3) is 0.278. The predicted octanol–water partition coefficient (Wildman–Crippen LogP) is 2.85. The largest absolute Gasteiger partial charge is 0.454 e. The van der Waals surface area contributed by atoms with Crippen LogP contribution in [0.1, 0.15) is 17.5 Å². The van der Waals surface area contributed by atoms with Gasteiger partial charge < -0.3 is 20.1 Å². The highest BCUT2D eigenvalue weighted by atomic mass is 16.7. The van der Waals surface area contributed by atoms with Gasteiger partial charge in [-0.15, -0.1) is 0 Å². The maximum Gasteiger partial charge on any atom is 0.315 e. The summed E-state index contributed by atoms with van der Waals surface area (Å²) in [6.07, 6.45) is 1.88. The molecule has 0 radical (unpaired) electrons. The lowest BCUT2D eigenvalue weighted by Crippen LogP contribution is -2.35. The summed E-state index contributed by atoms with van der Waals surface area (Å²) in [5, 5.41) is 5.71. The minimum atomic E-state index is -0.157. The molecule has 5 heteroatoms. The van der Waals surface area contributed by atoms with Crippen LogP contribution in [0.5, 0.6) is 11.5 Å². The van der Waals surface area contributed by atoms with E-state index in [1.165, 1.54) is 5.56 Å². The number of ether oxygens (including phenoxy) is 2. The van der Waals surface area contributed by atoms with Crippen LogP contribution in [-0.4, -0.2) is 19.4 Å². The maximum atomic E-state index is 11.8. The van der Waals surface area contributed by atoms with E-state index in [0.717, 1.165) is 29.9 Å². The Hall–Kier alpha value is -2.69. The molecule has 1 aliphatic rings. The zero-order chi connectivity index (χ0) is 15.9. The summed E-state index contributed by atoms with van der Waals surface area (Å²) in [6, 6.07) is 15.8. The van der Waals surface area contributed by atoms with E-state index in [1.54, 1.807) is 0 Å². The first-order valence-electron chi connectivity index (χ1n) is 7.75. The second kappa shape index (κ2) is 7.54. The Labute approximate surface area is 135 Å². The zero-order valence-electron chi connectivity index (χ0n) is 12.9. The van der Waals surface area contributed by atoms with Crippen molar-refractivity contribution in [3.8, 4) is 11.5 Å². The average molecular weight is 312 g/mol. The molecule has 0 bridgehead atoms. The number of hydrogen-bond donors (Lipinski definition) is 2. The molecule has 3 rings (SSSR count). The van der Waals surface area contributed by atoms with E-state index in [9.17, 15) is 4.79 Å². The summed E-state index contributed by atoms with van der Waals surface area (Å²) in [6.45, 7) is 1.37. The molecule has 23 heavy (non-hydrogen) atoms. The molecule has 5 nitrogen and oxygen atoms in total. The van der Waals surface area contributed by atoms with Gasteiger partial charge in [0.2, 0.25) is 6.79 Å². The molecular weight excluding hydrogens is 292 g/mol. The summed E-state index contributed by atoms with van der Waals surface area (Å²) in [5.41, 5.74) is 2.27. The van der Waals surface area contributed by atoms with Crippen molar-refractivity contribution in [2.24, 2.45) is 0 Å². The lowest BCUT2D eigenvalue weighted by atomic mass is 10.1. The molecule has 2 aromatic rings. The second-order valence-corrected chi connectivity index (χ2v) is 5.39. The van der Waals surface area contributed by atoms with Crippen LogP contribution in [-0.2, 0) is 13.0 Å². The third-order valence-electron chi connectivity index (χ3n) is 3.66. The fourth-order valence-corrected chi connectivity index (χ4v) is 2.43. The van der Waals surface area contributed by atoms with E-state index in [0.29, 0.717) is 13.1 Å². The Morgan fingerprint density at radius 2 is 1.78 bits per heavy atom. The quantitative estimate of drug-likeness (QED) is 0.806. The highest BCUT2D eigenvalue weighted by Crippen LogP contribution is 2.32. The summed E-state index contributed by atoms with van der Waals surface area (Å²) in [4.78, 5) is 11.8. The van der Waals surface area contributed by atoms with Gasteiger partial charge in [-0.1, -0.05) is 36.4 Å². The Morgan fingerprint density at radius 1 is 0.957 bits per heavy atom. The number of aryl methyl sites for hydroxylation is 1. The fourth-order valence-electron chi connectivity index (χ4n) is 2.43. The summed E-state index contributed by atoms with van der Waals surface area (Å²) < 4.78 is 10.6. The van der Waals surface area contributed by atoms with E-state index < -0.39 is 0 Å². The Balaban J connectivity index is 1.35. The van der Waals surface area contributed by atoms with Gasteiger partial charge in [-0.3, -0.25) is 0 Å². The number of hydrogen-bond acceptors (Lipinski definition) is 3. The molecule has 0 atom stereocenters. The minimum absolute atomic E-state index is 0.157. The van der Waals surface area contributed by atoms with Gasteiger partial charge in [0, 0.05) is 13.1 Å². The van der Waals surface area contributed by atoms with Gasteiger partial charge in [0.1, 0.15) is 0 Å². The minimum Gasteiger partial charge on any atom is -0.454 e. The van der Waals surface area contributed by atoms with Gasteiger partial charge in [0.05, 0.1) is 0 Å². The van der Waals surface area contributed by atoms with E-state index in [2.05, 4.69) is 22.8 Å². The van der Waals surface area contributed by atoms with Gasteiger partial charge in [0.15, 0.2) is 11.5 Å². The molecular formula is C18H20N2O3. The van der Waals surface area contributed by atoms with Gasteiger partial charge in [-0.05, 0) is 36.1 Å². The monoisotopic (exact) mass is 312 g/mol. The number of nitrogens with one attached hydrogen (secondary N) is 2. The Morgan fingerprint density at radius 3 is 2.65 bits per heavy atom. The molecule has 1 aliphatic heterocycles. The molecule has 2 N–H and O–H groups in total. The molecule has 0 saturated carbocycles. The van der Waals surface area contributed by atoms with Crippen LogP contribution in [0, 0.1) is 0 Å². The number of fused-ring (bicyclic) bond motifs is 1. The van der Waals surface area contributed by atoms with Gasteiger partial charge in [-0.25, -0.2) is 4.79 Å². The van der Waals surface area contributed by atoms with Crippen molar-refractivity contribution < 1.29 is 14.3 Å². The molecule has 2 amide bonds. The standard InChI is InChI=1S/C18H20N2O3/c21-18(19-10-4-7-14-5-2-1-3-6-14)20-12-15-8-9-16-17(11-15)23-13-22-16/h1-3,5-6,8-9,11H,4,7,10,12-13H2,(H2,19,20,21). The molecule has 0 saturated heterocycles. The molecule has 2 aromatic carbocycles. The van der Waals surface area contributed by atoms with Crippen molar-refractivity contribution in [2.45, 2.75) is 19.4 Å². The maximum absolute atomic E-state index is 11.8. The number of rotatable bonds is 6. The second-order valence-electron chi connectivity index (χ2n) is 5.39. The molecule has 120 valence electrons. The van der Waals surface area contributed by atoms with Gasteiger partial charge in [-0.2, -0.15) is 0 Å². The van der Waals surface area contributed by atoms with Crippen LogP contribution in [0.4, 0.5) is 4.79 Å². The number of urea groups is 1. The lowest BCUT2D eigenvalue weighted by Gasteiger charge is -2.08. The first kappa shape index (κ1) is 15.2. The topological polar surface area (TPSA) is 59.6 Å². The van der Waals surface area contributed by atoms with Crippen LogP contribution >= 0.6 is 0 Å². The SMILES string of the molecule is O=C(NCCCc1ccccc1)NCc1ccc2c(c1)OCO2. The van der Waals surface area contributed by atoms with Crippen LogP contribution < -0.4 is 20.1 Å². The Kier molecular flexibility index (Phi) is 4.99. The predicted molar refractivity (Wildman–Crippen MR) is 87.6 cm³/mol. The number of carbonyl (C=O) groups excluding carboxylic acids is 1. The highest BCUT2D eigenvalue weighted by Gasteiger charge is 2.13. The van der Waals surface area contributed by atoms with Crippen molar-refractivity contribution in [3.05, 3.63) is 59.7 Å². The summed E-state index contributed by atoms with van der Waals surface area (Å²) in [7, 11) is 0. The first-order chi connectivity index (χ1) is 11.3. The van der Waals surface area contributed by atoms with E-state index >= 15 is 0 Å². The first-order valence-corrected chi connectivity index (χ1v) is 7.75. The van der Waals surface area contributed by atoms with E-state index in [1.807, 2.05) is 36.4 Å². The molecule has 0 aromatic heterocycles. The van der Waals surface area contributed by atoms with Crippen LogP contribution in [0.2, 0.25) is 0 Å². The molecule has 0 spiro atoms. The van der Waals surface area contributed by atoms with E-state index in [-0.39, 0.29) is 12.8 Å². The van der Waals surface area contributed by atoms with Crippen LogP contribution in [0.25, 0.3) is 0 Å². The summed E-state index contributed by atoms with van der Waals surface area (Å²) in [5.74, 6) is 1.48. The van der Waals surface area contributed by atoms with Crippen molar-refractivity contribution in [1.29, 1.82) is 0 Å². The molecule has 0 aliphatic carbocycles. The average Bonchev–Trinajstić information content (AvgIpc) is 3.05. The molecule has 0 fully saturated rings. The molecule has 1 heterocycles. The van der Waals surface area contributed by atoms with Crippen LogP contribution in [0.3, 0.4) is 0 Å². The van der Waals surface area contributed by atoms with E-state index in [4.69, 9.17) is 9.47 Å². The van der Waals surface area contributed by atoms with Crippen molar-refractivity contribution in [2.75, 3.05) is 13.3 Å². The van der Waals surface area contributed by atoms with Crippen molar-refractivity contribution >= 4 is 6.03 Å². The zero-order valence-corrected chi connectivity index (χ0v) is 12.9. The number of benzene rings is 2. The lowest BCUT2D eigenvalue weighted by molar-refractivity contribution is 0.174. The molecule has 0 unspecified atom stereocenters. The third-order valence-corrected chi connectivity index (χ3v) is 3.66. The normalized spacial score (nSPS) is 12.0. The van der Waals surface area contributed by atoms with Gasteiger partial charge in [0.25, 0.3) is 0 Å². The smallest absolute Gasteiger partial charge is 0.315 e. The van der Waals surface area contributed by atoms with Crippen molar-refractivity contribution in [3.63, 3.8) is 0 Å². The van der Waals surface area contributed by atoms with Crippen molar-refractivity contribution in [1.82, 2.24) is 10.6 Å². The van der Waals surface area contributed by atoms with Crippen LogP contribution in [0.15, 0.2) is 48.5 Å². The number of carbonyl (C=O) groups is 1. The third kappa shape index (κ3) is 4.39. The summed E-state index contributed by atoms with van der Waals surface area (Å²) >= 11 is 0.